The summed E-state index contributed by atoms with van der Waals surface area (Å²) in [5.41, 5.74) is 5.15. The van der Waals surface area contributed by atoms with Crippen molar-refractivity contribution in [3.63, 3.8) is 0 Å². The third-order valence-corrected chi connectivity index (χ3v) is 3.77. The lowest BCUT2D eigenvalue weighted by atomic mass is 9.94. The number of hydrogen-bond donors (Lipinski definition) is 2. The standard InChI is InChI=1S/C12H24N2O2/c1-14(9-5-2-6-10-15)12(11(13)16)7-3-4-8-12/h15H,2-10H2,1H3,(H2,13,16). The van der Waals surface area contributed by atoms with E-state index in [1.807, 2.05) is 7.05 Å². The Morgan fingerprint density at radius 2 is 1.94 bits per heavy atom. The van der Waals surface area contributed by atoms with Gasteiger partial charge in [-0.2, -0.15) is 0 Å². The predicted molar refractivity (Wildman–Crippen MR) is 64.0 cm³/mol. The summed E-state index contributed by atoms with van der Waals surface area (Å²) in [4.78, 5) is 13.7. The van der Waals surface area contributed by atoms with Crippen LogP contribution in [0.1, 0.15) is 44.9 Å². The molecule has 0 aliphatic heterocycles. The van der Waals surface area contributed by atoms with Crippen molar-refractivity contribution in [1.82, 2.24) is 4.90 Å². The Labute approximate surface area is 97.8 Å². The number of aliphatic hydroxyl groups is 1. The van der Waals surface area contributed by atoms with Gasteiger partial charge in [-0.25, -0.2) is 0 Å². The summed E-state index contributed by atoms with van der Waals surface area (Å²) >= 11 is 0. The monoisotopic (exact) mass is 228 g/mol. The second-order valence-corrected chi connectivity index (χ2v) is 4.81. The van der Waals surface area contributed by atoms with Crippen molar-refractivity contribution in [2.75, 3.05) is 20.2 Å². The fraction of sp³-hybridized carbons (Fsp3) is 0.917. The van der Waals surface area contributed by atoms with Crippen LogP contribution >= 0.6 is 0 Å². The molecule has 0 radical (unpaired) electrons. The normalized spacial score (nSPS) is 19.2. The SMILES string of the molecule is CN(CCCCCO)C1(C(N)=O)CCCC1. The molecule has 0 atom stereocenters. The van der Waals surface area contributed by atoms with E-state index in [9.17, 15) is 4.79 Å². The Hall–Kier alpha value is -0.610. The maximum absolute atomic E-state index is 11.6. The third kappa shape index (κ3) is 2.95. The van der Waals surface area contributed by atoms with Gasteiger partial charge in [0.05, 0.1) is 5.54 Å². The molecule has 1 fully saturated rings. The maximum Gasteiger partial charge on any atom is 0.237 e. The fourth-order valence-electron chi connectivity index (χ4n) is 2.63. The summed E-state index contributed by atoms with van der Waals surface area (Å²) in [5, 5.41) is 8.69. The zero-order chi connectivity index (χ0) is 12.0. The number of amides is 1. The summed E-state index contributed by atoms with van der Waals surface area (Å²) in [6.45, 7) is 1.15. The molecule has 0 bridgehead atoms. The van der Waals surface area contributed by atoms with Crippen LogP contribution in [0.25, 0.3) is 0 Å². The molecule has 0 aromatic heterocycles. The van der Waals surface area contributed by atoms with E-state index in [4.69, 9.17) is 10.8 Å². The molecule has 1 aliphatic rings. The molecule has 0 aromatic carbocycles. The molecule has 3 N–H and O–H groups in total. The first-order valence-corrected chi connectivity index (χ1v) is 6.25. The van der Waals surface area contributed by atoms with E-state index in [0.717, 1.165) is 51.5 Å². The van der Waals surface area contributed by atoms with Gasteiger partial charge in [0.1, 0.15) is 0 Å². The lowest BCUT2D eigenvalue weighted by Crippen LogP contribution is -2.54. The largest absolute Gasteiger partial charge is 0.396 e. The summed E-state index contributed by atoms with van der Waals surface area (Å²) in [7, 11) is 2.00. The first-order chi connectivity index (χ1) is 7.63. The van der Waals surface area contributed by atoms with Crippen molar-refractivity contribution in [2.24, 2.45) is 5.73 Å². The highest BCUT2D eigenvalue weighted by Gasteiger charge is 2.42. The predicted octanol–water partition coefficient (Wildman–Crippen LogP) is 0.879. The minimum absolute atomic E-state index is 0.172. The van der Waals surface area contributed by atoms with Gasteiger partial charge in [-0.15, -0.1) is 0 Å². The molecule has 1 aliphatic carbocycles. The molecule has 0 aromatic rings. The first-order valence-electron chi connectivity index (χ1n) is 6.25. The van der Waals surface area contributed by atoms with E-state index in [0.29, 0.717) is 0 Å². The van der Waals surface area contributed by atoms with E-state index in [2.05, 4.69) is 4.90 Å². The van der Waals surface area contributed by atoms with Crippen molar-refractivity contribution < 1.29 is 9.90 Å². The van der Waals surface area contributed by atoms with Crippen molar-refractivity contribution in [1.29, 1.82) is 0 Å². The molecule has 0 heterocycles. The van der Waals surface area contributed by atoms with Crippen LogP contribution in [0.2, 0.25) is 0 Å². The molecular weight excluding hydrogens is 204 g/mol. The Kier molecular flexibility index (Phi) is 5.22. The molecule has 16 heavy (non-hydrogen) atoms. The minimum Gasteiger partial charge on any atom is -0.396 e. The van der Waals surface area contributed by atoms with Gasteiger partial charge in [0.2, 0.25) is 5.91 Å². The van der Waals surface area contributed by atoms with Gasteiger partial charge in [0.25, 0.3) is 0 Å². The molecule has 1 rings (SSSR count). The van der Waals surface area contributed by atoms with E-state index in [-0.39, 0.29) is 18.1 Å². The average molecular weight is 228 g/mol. The molecule has 1 saturated carbocycles. The number of carbonyl (C=O) groups excluding carboxylic acids is 1. The second-order valence-electron chi connectivity index (χ2n) is 4.81. The van der Waals surface area contributed by atoms with Crippen molar-refractivity contribution in [3.8, 4) is 0 Å². The number of likely N-dealkylation sites (N-methyl/N-ethyl adjacent to an activating group) is 1. The van der Waals surface area contributed by atoms with E-state index in [1.165, 1.54) is 0 Å². The summed E-state index contributed by atoms with van der Waals surface area (Å²) < 4.78 is 0. The van der Waals surface area contributed by atoms with Gasteiger partial charge < -0.3 is 10.8 Å². The maximum atomic E-state index is 11.6. The van der Waals surface area contributed by atoms with Crippen LogP contribution in [0.3, 0.4) is 0 Å². The number of primary amides is 1. The second kappa shape index (κ2) is 6.21. The molecule has 1 amide bonds. The quantitative estimate of drug-likeness (QED) is 0.636. The summed E-state index contributed by atoms with van der Waals surface area (Å²) in [6, 6.07) is 0. The van der Waals surface area contributed by atoms with Crippen molar-refractivity contribution in [2.45, 2.75) is 50.5 Å². The van der Waals surface area contributed by atoms with Gasteiger partial charge in [0.15, 0.2) is 0 Å². The van der Waals surface area contributed by atoms with Crippen LogP contribution in [0.15, 0.2) is 0 Å². The molecule has 4 heteroatoms. The first kappa shape index (κ1) is 13.5. The number of rotatable bonds is 7. The number of hydrogen-bond acceptors (Lipinski definition) is 3. The van der Waals surface area contributed by atoms with Gasteiger partial charge in [-0.3, -0.25) is 9.69 Å². The highest BCUT2D eigenvalue weighted by atomic mass is 16.2. The Balaban J connectivity index is 2.42. The summed E-state index contributed by atoms with van der Waals surface area (Å²) in [5.74, 6) is -0.172. The van der Waals surface area contributed by atoms with Gasteiger partial charge in [-0.05, 0) is 45.7 Å². The zero-order valence-corrected chi connectivity index (χ0v) is 10.2. The Morgan fingerprint density at radius 3 is 2.44 bits per heavy atom. The van der Waals surface area contributed by atoms with Crippen LogP contribution in [0.4, 0.5) is 0 Å². The molecular formula is C12H24N2O2. The highest BCUT2D eigenvalue weighted by molar-refractivity contribution is 5.84. The van der Waals surface area contributed by atoms with Gasteiger partial charge in [-0.1, -0.05) is 12.8 Å². The number of aliphatic hydroxyl groups excluding tert-OH is 1. The molecule has 94 valence electrons. The smallest absolute Gasteiger partial charge is 0.237 e. The Morgan fingerprint density at radius 1 is 1.31 bits per heavy atom. The Bertz CT molecular complexity index is 225. The molecule has 0 saturated heterocycles. The number of nitrogens with zero attached hydrogens (tertiary/aromatic N) is 1. The lowest BCUT2D eigenvalue weighted by molar-refractivity contribution is -0.129. The van der Waals surface area contributed by atoms with E-state index in [1.54, 1.807) is 0 Å². The van der Waals surface area contributed by atoms with Crippen LogP contribution in [-0.4, -0.2) is 41.7 Å². The molecule has 0 spiro atoms. The van der Waals surface area contributed by atoms with E-state index < -0.39 is 0 Å². The topological polar surface area (TPSA) is 66.6 Å². The summed E-state index contributed by atoms with van der Waals surface area (Å²) in [6.07, 6.45) is 6.88. The van der Waals surface area contributed by atoms with Gasteiger partial charge in [0, 0.05) is 6.61 Å². The molecule has 4 nitrogen and oxygen atoms in total. The average Bonchev–Trinajstić information content (AvgIpc) is 2.74. The van der Waals surface area contributed by atoms with Gasteiger partial charge >= 0.3 is 0 Å². The van der Waals surface area contributed by atoms with Crippen molar-refractivity contribution >= 4 is 5.91 Å². The van der Waals surface area contributed by atoms with Crippen LogP contribution < -0.4 is 5.73 Å². The highest BCUT2D eigenvalue weighted by Crippen LogP contribution is 2.34. The van der Waals surface area contributed by atoms with E-state index >= 15 is 0 Å². The zero-order valence-electron chi connectivity index (χ0n) is 10.2. The number of nitrogens with two attached hydrogens (primary N) is 1. The number of unbranched alkanes of at least 4 members (excludes halogenated alkanes) is 2. The molecule has 0 unspecified atom stereocenters. The fourth-order valence-corrected chi connectivity index (χ4v) is 2.63. The third-order valence-electron chi connectivity index (χ3n) is 3.77. The van der Waals surface area contributed by atoms with Crippen LogP contribution in [0.5, 0.6) is 0 Å². The van der Waals surface area contributed by atoms with Crippen LogP contribution in [0, 0.1) is 0 Å². The van der Waals surface area contributed by atoms with Crippen molar-refractivity contribution in [3.05, 3.63) is 0 Å². The number of carbonyl (C=O) groups is 1. The minimum atomic E-state index is -0.390. The van der Waals surface area contributed by atoms with Crippen LogP contribution in [-0.2, 0) is 4.79 Å². The lowest BCUT2D eigenvalue weighted by Gasteiger charge is -2.35.